The van der Waals surface area contributed by atoms with Gasteiger partial charge in [-0.1, -0.05) is 18.2 Å². The van der Waals surface area contributed by atoms with Gasteiger partial charge in [0.15, 0.2) is 11.5 Å². The number of rotatable bonds is 4. The van der Waals surface area contributed by atoms with Crippen molar-refractivity contribution in [3.63, 3.8) is 0 Å². The molecule has 1 atom stereocenters. The fraction of sp³-hybridized carbons (Fsp3) is 0.381. The number of ether oxygens (including phenoxy) is 2. The van der Waals surface area contributed by atoms with E-state index in [1.165, 1.54) is 12.1 Å². The predicted molar refractivity (Wildman–Crippen MR) is 96.3 cm³/mol. The standard InChI is InChI=1S/C21H20F3NO3/c22-21(23,24)17-5-1-14(2-6-17)3-8-20(26)25-10-9-16(12-25)15-4-7-18-19(11-15)28-13-27-18/h1-2,4-7,11,16H,3,8-10,12-13H2. The maximum Gasteiger partial charge on any atom is 0.416 e. The summed E-state index contributed by atoms with van der Waals surface area (Å²) in [6, 6.07) is 10.9. The summed E-state index contributed by atoms with van der Waals surface area (Å²) >= 11 is 0. The molecule has 148 valence electrons. The van der Waals surface area contributed by atoms with E-state index >= 15 is 0 Å². The lowest BCUT2D eigenvalue weighted by atomic mass is 9.98. The summed E-state index contributed by atoms with van der Waals surface area (Å²) in [4.78, 5) is 14.3. The van der Waals surface area contributed by atoms with Gasteiger partial charge in [-0.3, -0.25) is 4.79 Å². The number of nitrogens with zero attached hydrogens (tertiary/aromatic N) is 1. The van der Waals surface area contributed by atoms with Crippen LogP contribution < -0.4 is 9.47 Å². The van der Waals surface area contributed by atoms with Crippen LogP contribution in [0.1, 0.15) is 35.4 Å². The quantitative estimate of drug-likeness (QED) is 0.776. The Hall–Kier alpha value is -2.70. The lowest BCUT2D eigenvalue weighted by Crippen LogP contribution is -2.28. The first-order valence-corrected chi connectivity index (χ1v) is 9.23. The Morgan fingerprint density at radius 1 is 1.07 bits per heavy atom. The lowest BCUT2D eigenvalue weighted by molar-refractivity contribution is -0.137. The number of carbonyl (C=O) groups is 1. The normalized spacial score (nSPS) is 18.5. The topological polar surface area (TPSA) is 38.8 Å². The van der Waals surface area contributed by atoms with E-state index in [1.54, 1.807) is 0 Å². The Bertz CT molecular complexity index is 864. The van der Waals surface area contributed by atoms with Crippen LogP contribution in [0, 0.1) is 0 Å². The first-order chi connectivity index (χ1) is 13.4. The zero-order chi connectivity index (χ0) is 19.7. The first kappa shape index (κ1) is 18.7. The number of hydrogen-bond acceptors (Lipinski definition) is 3. The fourth-order valence-corrected chi connectivity index (χ4v) is 3.70. The van der Waals surface area contributed by atoms with Gasteiger partial charge < -0.3 is 14.4 Å². The number of aryl methyl sites for hydroxylation is 1. The van der Waals surface area contributed by atoms with Crippen molar-refractivity contribution in [1.29, 1.82) is 0 Å². The van der Waals surface area contributed by atoms with Gasteiger partial charge in [0.05, 0.1) is 5.56 Å². The van der Waals surface area contributed by atoms with Gasteiger partial charge in [-0.2, -0.15) is 13.2 Å². The van der Waals surface area contributed by atoms with Crippen molar-refractivity contribution in [1.82, 2.24) is 4.90 Å². The van der Waals surface area contributed by atoms with Crippen molar-refractivity contribution in [3.05, 3.63) is 59.2 Å². The molecule has 7 heteroatoms. The van der Waals surface area contributed by atoms with Crippen molar-refractivity contribution >= 4 is 5.91 Å². The molecule has 1 amide bonds. The Morgan fingerprint density at radius 2 is 1.82 bits per heavy atom. The molecule has 1 unspecified atom stereocenters. The molecule has 0 aliphatic carbocycles. The third-order valence-electron chi connectivity index (χ3n) is 5.32. The lowest BCUT2D eigenvalue weighted by Gasteiger charge is -2.17. The molecule has 0 aromatic heterocycles. The van der Waals surface area contributed by atoms with Crippen LogP contribution in [0.25, 0.3) is 0 Å². The van der Waals surface area contributed by atoms with Crippen LogP contribution in [0.5, 0.6) is 11.5 Å². The van der Waals surface area contributed by atoms with E-state index in [4.69, 9.17) is 9.47 Å². The van der Waals surface area contributed by atoms with Crippen LogP contribution in [0.3, 0.4) is 0 Å². The van der Waals surface area contributed by atoms with E-state index in [9.17, 15) is 18.0 Å². The molecule has 2 aliphatic heterocycles. The van der Waals surface area contributed by atoms with Crippen LogP contribution in [-0.2, 0) is 17.4 Å². The Balaban J connectivity index is 1.31. The molecule has 1 saturated heterocycles. The van der Waals surface area contributed by atoms with E-state index in [2.05, 4.69) is 0 Å². The third kappa shape index (κ3) is 3.93. The molecule has 0 saturated carbocycles. The number of halogens is 3. The van der Waals surface area contributed by atoms with Crippen LogP contribution in [0.15, 0.2) is 42.5 Å². The van der Waals surface area contributed by atoms with Crippen LogP contribution in [0.4, 0.5) is 13.2 Å². The number of alkyl halides is 3. The van der Waals surface area contributed by atoms with Gasteiger partial charge >= 0.3 is 6.18 Å². The van der Waals surface area contributed by atoms with Crippen molar-refractivity contribution in [2.45, 2.75) is 31.4 Å². The van der Waals surface area contributed by atoms with Gasteiger partial charge in [0.1, 0.15) is 0 Å². The Kier molecular flexibility index (Phi) is 4.91. The molecule has 2 aliphatic rings. The third-order valence-corrected chi connectivity index (χ3v) is 5.32. The summed E-state index contributed by atoms with van der Waals surface area (Å²) < 4.78 is 48.6. The maximum atomic E-state index is 12.6. The maximum absolute atomic E-state index is 12.6. The molecular formula is C21H20F3NO3. The number of carbonyl (C=O) groups excluding carboxylic acids is 1. The minimum absolute atomic E-state index is 0.0307. The average Bonchev–Trinajstić information content (AvgIpc) is 3.34. The Morgan fingerprint density at radius 3 is 2.57 bits per heavy atom. The number of fused-ring (bicyclic) bond motifs is 1. The van der Waals surface area contributed by atoms with E-state index in [0.29, 0.717) is 25.9 Å². The smallest absolute Gasteiger partial charge is 0.416 e. The molecule has 2 heterocycles. The number of amides is 1. The van der Waals surface area contributed by atoms with E-state index in [-0.39, 0.29) is 18.6 Å². The monoisotopic (exact) mass is 391 g/mol. The summed E-state index contributed by atoms with van der Waals surface area (Å²) in [5, 5.41) is 0. The highest BCUT2D eigenvalue weighted by Crippen LogP contribution is 2.37. The predicted octanol–water partition coefficient (Wildman–Crippen LogP) is 4.38. The molecule has 1 fully saturated rings. The second-order valence-electron chi connectivity index (χ2n) is 7.13. The van der Waals surface area contributed by atoms with Crippen molar-refractivity contribution in [2.75, 3.05) is 19.9 Å². The molecular weight excluding hydrogens is 371 g/mol. The zero-order valence-electron chi connectivity index (χ0n) is 15.2. The van der Waals surface area contributed by atoms with Gasteiger partial charge in [-0.25, -0.2) is 0 Å². The van der Waals surface area contributed by atoms with Gasteiger partial charge in [0.25, 0.3) is 0 Å². The second kappa shape index (κ2) is 7.37. The van der Waals surface area contributed by atoms with Crippen LogP contribution in [0.2, 0.25) is 0 Å². The van der Waals surface area contributed by atoms with Crippen LogP contribution in [-0.4, -0.2) is 30.7 Å². The zero-order valence-corrected chi connectivity index (χ0v) is 15.2. The van der Waals surface area contributed by atoms with E-state index < -0.39 is 11.7 Å². The van der Waals surface area contributed by atoms with Gasteiger partial charge in [0.2, 0.25) is 12.7 Å². The molecule has 2 aromatic rings. The van der Waals surface area contributed by atoms with Gasteiger partial charge in [-0.05, 0) is 48.2 Å². The van der Waals surface area contributed by atoms with E-state index in [0.717, 1.165) is 41.2 Å². The summed E-state index contributed by atoms with van der Waals surface area (Å²) in [5.74, 6) is 1.77. The summed E-state index contributed by atoms with van der Waals surface area (Å²) in [6.45, 7) is 1.56. The number of benzene rings is 2. The molecule has 28 heavy (non-hydrogen) atoms. The van der Waals surface area contributed by atoms with Crippen LogP contribution >= 0.6 is 0 Å². The number of likely N-dealkylation sites (tertiary alicyclic amines) is 1. The van der Waals surface area contributed by atoms with E-state index in [1.807, 2.05) is 23.1 Å². The molecule has 0 bridgehead atoms. The summed E-state index contributed by atoms with van der Waals surface area (Å²) in [7, 11) is 0. The number of hydrogen-bond donors (Lipinski definition) is 0. The highest BCUT2D eigenvalue weighted by atomic mass is 19.4. The van der Waals surface area contributed by atoms with Gasteiger partial charge in [0, 0.05) is 25.4 Å². The first-order valence-electron chi connectivity index (χ1n) is 9.23. The minimum Gasteiger partial charge on any atom is -0.454 e. The average molecular weight is 391 g/mol. The highest BCUT2D eigenvalue weighted by Gasteiger charge is 2.30. The molecule has 0 N–H and O–H groups in total. The minimum atomic E-state index is -4.34. The Labute approximate surface area is 160 Å². The van der Waals surface area contributed by atoms with Crippen molar-refractivity contribution in [2.24, 2.45) is 0 Å². The SMILES string of the molecule is O=C(CCc1ccc(C(F)(F)F)cc1)N1CCC(c2ccc3c(c2)OCO3)C1. The fourth-order valence-electron chi connectivity index (χ4n) is 3.70. The largest absolute Gasteiger partial charge is 0.454 e. The molecule has 0 radical (unpaired) electrons. The molecule has 4 rings (SSSR count). The summed E-state index contributed by atoms with van der Waals surface area (Å²) in [6.07, 6.45) is -2.74. The molecule has 0 spiro atoms. The van der Waals surface area contributed by atoms with Crippen molar-refractivity contribution < 1.29 is 27.4 Å². The summed E-state index contributed by atoms with van der Waals surface area (Å²) in [5.41, 5.74) is 1.18. The second-order valence-corrected chi connectivity index (χ2v) is 7.13. The highest BCUT2D eigenvalue weighted by molar-refractivity contribution is 5.77. The molecule has 4 nitrogen and oxygen atoms in total. The molecule has 2 aromatic carbocycles. The van der Waals surface area contributed by atoms with Crippen molar-refractivity contribution in [3.8, 4) is 11.5 Å². The van der Waals surface area contributed by atoms with Gasteiger partial charge in [-0.15, -0.1) is 0 Å².